The number of nitrogens with one attached hydrogen (secondary N) is 1. The highest BCUT2D eigenvalue weighted by atomic mass is 19.3. The predicted octanol–water partition coefficient (Wildman–Crippen LogP) is 3.13. The summed E-state index contributed by atoms with van der Waals surface area (Å²) in [5.74, 6) is 0. The number of rotatable bonds is 8. The molecule has 0 aromatic carbocycles. The molecular weight excluding hydrogens is 234 g/mol. The molecule has 1 aliphatic carbocycles. The van der Waals surface area contributed by atoms with Gasteiger partial charge < -0.3 is 10.2 Å². The van der Waals surface area contributed by atoms with Gasteiger partial charge in [0.15, 0.2) is 0 Å². The highest BCUT2D eigenvalue weighted by molar-refractivity contribution is 4.87. The summed E-state index contributed by atoms with van der Waals surface area (Å²) in [6.07, 6.45) is 5.05. The summed E-state index contributed by atoms with van der Waals surface area (Å²) in [5.41, 5.74) is 0.219. The van der Waals surface area contributed by atoms with E-state index in [0.29, 0.717) is 0 Å². The van der Waals surface area contributed by atoms with Gasteiger partial charge >= 0.3 is 0 Å². The van der Waals surface area contributed by atoms with Gasteiger partial charge in [0.1, 0.15) is 0 Å². The molecule has 108 valence electrons. The second-order valence-corrected chi connectivity index (χ2v) is 5.83. The average Bonchev–Trinajstić information content (AvgIpc) is 2.29. The molecular formula is C14H28F2N2. The first-order chi connectivity index (χ1) is 8.58. The summed E-state index contributed by atoms with van der Waals surface area (Å²) < 4.78 is 24.8. The van der Waals surface area contributed by atoms with Gasteiger partial charge in [-0.05, 0) is 38.3 Å². The van der Waals surface area contributed by atoms with Crippen molar-refractivity contribution in [1.29, 1.82) is 0 Å². The highest BCUT2D eigenvalue weighted by Gasteiger charge is 2.33. The monoisotopic (exact) mass is 262 g/mol. The van der Waals surface area contributed by atoms with E-state index >= 15 is 0 Å². The minimum Gasteiger partial charge on any atom is -0.316 e. The van der Waals surface area contributed by atoms with Gasteiger partial charge in [0.2, 0.25) is 0 Å². The second-order valence-electron chi connectivity index (χ2n) is 5.83. The molecule has 0 bridgehead atoms. The topological polar surface area (TPSA) is 15.3 Å². The zero-order valence-corrected chi connectivity index (χ0v) is 11.9. The molecule has 0 amide bonds. The van der Waals surface area contributed by atoms with Crippen LogP contribution in [0.4, 0.5) is 8.78 Å². The maximum atomic E-state index is 12.4. The minimum absolute atomic E-state index is 0.102. The van der Waals surface area contributed by atoms with Crippen LogP contribution in [-0.4, -0.2) is 44.6 Å². The van der Waals surface area contributed by atoms with Crippen molar-refractivity contribution in [3.63, 3.8) is 0 Å². The van der Waals surface area contributed by atoms with Crippen molar-refractivity contribution in [2.24, 2.45) is 5.41 Å². The number of nitrogens with zero attached hydrogens (tertiary/aromatic N) is 1. The Morgan fingerprint density at radius 2 is 1.89 bits per heavy atom. The largest absolute Gasteiger partial charge is 0.316 e. The number of halogens is 2. The molecule has 0 heterocycles. The molecule has 0 aromatic rings. The molecule has 0 saturated heterocycles. The average molecular weight is 262 g/mol. The first-order valence-electron chi connectivity index (χ1n) is 7.25. The van der Waals surface area contributed by atoms with Crippen molar-refractivity contribution in [3.8, 4) is 0 Å². The molecule has 0 spiro atoms. The summed E-state index contributed by atoms with van der Waals surface area (Å²) in [6, 6.07) is 0. The van der Waals surface area contributed by atoms with Gasteiger partial charge in [-0.25, -0.2) is 8.78 Å². The standard InChI is InChI=1S/C14H28F2N2/c1-3-9-17-11-14(7-5-4-6-8-14)12-18(2)10-13(15)16/h13,17H,3-12H2,1-2H3. The number of hydrogen-bond acceptors (Lipinski definition) is 2. The quantitative estimate of drug-likeness (QED) is 0.676. The highest BCUT2D eigenvalue weighted by Crippen LogP contribution is 2.36. The van der Waals surface area contributed by atoms with Gasteiger partial charge in [-0.2, -0.15) is 0 Å². The summed E-state index contributed by atoms with van der Waals surface area (Å²) in [5, 5.41) is 3.49. The van der Waals surface area contributed by atoms with Crippen molar-refractivity contribution in [2.75, 3.05) is 33.2 Å². The normalized spacial score (nSPS) is 19.7. The second kappa shape index (κ2) is 8.05. The van der Waals surface area contributed by atoms with Gasteiger partial charge in [0.25, 0.3) is 6.43 Å². The van der Waals surface area contributed by atoms with Crippen LogP contribution in [0.3, 0.4) is 0 Å². The Kier molecular flexibility index (Phi) is 7.08. The van der Waals surface area contributed by atoms with Crippen LogP contribution < -0.4 is 5.32 Å². The lowest BCUT2D eigenvalue weighted by atomic mass is 9.73. The lowest BCUT2D eigenvalue weighted by Crippen LogP contribution is -2.45. The Bertz CT molecular complexity index is 216. The summed E-state index contributed by atoms with van der Waals surface area (Å²) in [7, 11) is 1.82. The zero-order valence-electron chi connectivity index (χ0n) is 11.9. The molecule has 1 fully saturated rings. The maximum Gasteiger partial charge on any atom is 0.251 e. The Hall–Kier alpha value is -0.220. The first kappa shape index (κ1) is 15.8. The van der Waals surface area contributed by atoms with Gasteiger partial charge in [-0.15, -0.1) is 0 Å². The predicted molar refractivity (Wildman–Crippen MR) is 72.2 cm³/mol. The van der Waals surface area contributed by atoms with E-state index in [4.69, 9.17) is 0 Å². The van der Waals surface area contributed by atoms with Crippen LogP contribution in [0.25, 0.3) is 0 Å². The minimum atomic E-state index is -2.22. The third-order valence-corrected chi connectivity index (χ3v) is 3.90. The van der Waals surface area contributed by atoms with Crippen molar-refractivity contribution < 1.29 is 8.78 Å². The molecule has 1 saturated carbocycles. The molecule has 2 nitrogen and oxygen atoms in total. The maximum absolute atomic E-state index is 12.4. The fraction of sp³-hybridized carbons (Fsp3) is 1.00. The van der Waals surface area contributed by atoms with E-state index in [-0.39, 0.29) is 12.0 Å². The molecule has 0 atom stereocenters. The molecule has 1 rings (SSSR count). The van der Waals surface area contributed by atoms with Crippen molar-refractivity contribution in [2.45, 2.75) is 51.9 Å². The van der Waals surface area contributed by atoms with Crippen molar-refractivity contribution >= 4 is 0 Å². The summed E-state index contributed by atoms with van der Waals surface area (Å²) in [4.78, 5) is 1.81. The van der Waals surface area contributed by atoms with E-state index in [1.807, 2.05) is 11.9 Å². The molecule has 0 unspecified atom stereocenters. The third-order valence-electron chi connectivity index (χ3n) is 3.90. The van der Waals surface area contributed by atoms with Crippen LogP contribution in [0.15, 0.2) is 0 Å². The zero-order chi connectivity index (χ0) is 13.4. The van der Waals surface area contributed by atoms with Crippen molar-refractivity contribution in [1.82, 2.24) is 10.2 Å². The Labute approximate surface area is 110 Å². The van der Waals surface area contributed by atoms with Crippen LogP contribution in [0.2, 0.25) is 0 Å². The van der Waals surface area contributed by atoms with E-state index < -0.39 is 6.43 Å². The van der Waals surface area contributed by atoms with Gasteiger partial charge in [-0.3, -0.25) is 0 Å². The third kappa shape index (κ3) is 5.61. The SMILES string of the molecule is CCCNCC1(CN(C)CC(F)F)CCCCC1. The van der Waals surface area contributed by atoms with Crippen LogP contribution in [0.5, 0.6) is 0 Å². The van der Waals surface area contributed by atoms with E-state index in [9.17, 15) is 8.78 Å². The molecule has 0 radical (unpaired) electrons. The lowest BCUT2D eigenvalue weighted by Gasteiger charge is -2.40. The fourth-order valence-corrected chi connectivity index (χ4v) is 3.10. The molecule has 0 aromatic heterocycles. The van der Waals surface area contributed by atoms with E-state index in [1.165, 1.54) is 32.1 Å². The van der Waals surface area contributed by atoms with Crippen LogP contribution in [-0.2, 0) is 0 Å². The van der Waals surface area contributed by atoms with Gasteiger partial charge in [0, 0.05) is 13.1 Å². The molecule has 18 heavy (non-hydrogen) atoms. The smallest absolute Gasteiger partial charge is 0.251 e. The van der Waals surface area contributed by atoms with Gasteiger partial charge in [-0.1, -0.05) is 26.2 Å². The summed E-state index contributed by atoms with van der Waals surface area (Å²) in [6.45, 7) is 4.86. The van der Waals surface area contributed by atoms with Gasteiger partial charge in [0.05, 0.1) is 6.54 Å². The van der Waals surface area contributed by atoms with Crippen LogP contribution in [0.1, 0.15) is 45.4 Å². The number of hydrogen-bond donors (Lipinski definition) is 1. The van der Waals surface area contributed by atoms with Crippen molar-refractivity contribution in [3.05, 3.63) is 0 Å². The Morgan fingerprint density at radius 1 is 1.22 bits per heavy atom. The Morgan fingerprint density at radius 3 is 2.44 bits per heavy atom. The first-order valence-corrected chi connectivity index (χ1v) is 7.25. The van der Waals surface area contributed by atoms with E-state index in [1.54, 1.807) is 0 Å². The lowest BCUT2D eigenvalue weighted by molar-refractivity contribution is 0.0600. The van der Waals surface area contributed by atoms with Crippen LogP contribution >= 0.6 is 0 Å². The molecule has 4 heteroatoms. The Balaban J connectivity index is 2.48. The van der Waals surface area contributed by atoms with E-state index in [0.717, 1.165) is 26.1 Å². The molecule has 1 N–H and O–H groups in total. The number of alkyl halides is 2. The van der Waals surface area contributed by atoms with Crippen LogP contribution in [0, 0.1) is 5.41 Å². The fourth-order valence-electron chi connectivity index (χ4n) is 3.10. The molecule has 0 aliphatic heterocycles. The summed E-state index contributed by atoms with van der Waals surface area (Å²) >= 11 is 0. The molecule has 1 aliphatic rings. The van der Waals surface area contributed by atoms with E-state index in [2.05, 4.69) is 12.2 Å².